The smallest absolute Gasteiger partial charge is 0.0273 e. The zero-order valence-electron chi connectivity index (χ0n) is 6.62. The van der Waals surface area contributed by atoms with Crippen molar-refractivity contribution in [1.29, 1.82) is 0 Å². The molecule has 0 spiro atoms. The van der Waals surface area contributed by atoms with Crippen molar-refractivity contribution in [1.82, 2.24) is 4.98 Å². The van der Waals surface area contributed by atoms with E-state index in [1.807, 2.05) is 18.2 Å². The lowest BCUT2D eigenvalue weighted by molar-refractivity contribution is 1.31. The van der Waals surface area contributed by atoms with Crippen molar-refractivity contribution < 1.29 is 0 Å². The summed E-state index contributed by atoms with van der Waals surface area (Å²) in [5, 5.41) is 0. The molecule has 1 nitrogen and oxygen atoms in total. The van der Waals surface area contributed by atoms with Gasteiger partial charge in [-0.3, -0.25) is 4.98 Å². The number of rotatable bonds is 2. The van der Waals surface area contributed by atoms with Gasteiger partial charge in [0.1, 0.15) is 0 Å². The second kappa shape index (κ2) is 3.71. The van der Waals surface area contributed by atoms with Gasteiger partial charge in [0.05, 0.1) is 0 Å². The highest BCUT2D eigenvalue weighted by atomic mass is 14.6. The minimum Gasteiger partial charge on any atom is -0.265 e. The van der Waals surface area contributed by atoms with Crippen LogP contribution >= 0.6 is 0 Å². The second-order valence-corrected chi connectivity index (χ2v) is 2.32. The molecule has 0 aromatic carbocycles. The van der Waals surface area contributed by atoms with Gasteiger partial charge in [-0.1, -0.05) is 18.7 Å². The number of hydrogen-bond acceptors (Lipinski definition) is 1. The van der Waals surface area contributed by atoms with Gasteiger partial charge >= 0.3 is 0 Å². The Labute approximate surface area is 67.1 Å². The standard InChI is InChI=1S/C10H11N/c1-3-4-9(2)10-5-7-11-8-6-10/h3-8H,1H2,2H3/b9-4+. The van der Waals surface area contributed by atoms with E-state index in [1.165, 1.54) is 11.1 Å². The largest absolute Gasteiger partial charge is 0.265 e. The van der Waals surface area contributed by atoms with E-state index in [9.17, 15) is 0 Å². The summed E-state index contributed by atoms with van der Waals surface area (Å²) in [6, 6.07) is 3.96. The number of hydrogen-bond donors (Lipinski definition) is 0. The lowest BCUT2D eigenvalue weighted by Crippen LogP contribution is -1.78. The first kappa shape index (κ1) is 7.73. The molecule has 0 unspecified atom stereocenters. The van der Waals surface area contributed by atoms with Crippen LogP contribution in [0.5, 0.6) is 0 Å². The van der Waals surface area contributed by atoms with E-state index in [4.69, 9.17) is 0 Å². The van der Waals surface area contributed by atoms with Crippen LogP contribution in [0.2, 0.25) is 0 Å². The Morgan fingerprint density at radius 2 is 2.09 bits per heavy atom. The molecule has 0 aliphatic carbocycles. The molecule has 1 aromatic heterocycles. The fraction of sp³-hybridized carbons (Fsp3) is 0.100. The third-order valence-corrected chi connectivity index (χ3v) is 1.50. The average Bonchev–Trinajstić information content (AvgIpc) is 2.07. The second-order valence-electron chi connectivity index (χ2n) is 2.32. The lowest BCUT2D eigenvalue weighted by Gasteiger charge is -1.97. The summed E-state index contributed by atoms with van der Waals surface area (Å²) in [4.78, 5) is 3.93. The van der Waals surface area contributed by atoms with Crippen LogP contribution in [-0.4, -0.2) is 4.98 Å². The number of nitrogens with zero attached hydrogens (tertiary/aromatic N) is 1. The fourth-order valence-corrected chi connectivity index (χ4v) is 0.888. The molecule has 0 saturated carbocycles. The first-order valence-corrected chi connectivity index (χ1v) is 3.54. The average molecular weight is 145 g/mol. The first-order chi connectivity index (χ1) is 5.34. The van der Waals surface area contributed by atoms with Crippen LogP contribution in [0.15, 0.2) is 43.3 Å². The Hall–Kier alpha value is -1.37. The molecular weight excluding hydrogens is 134 g/mol. The summed E-state index contributed by atoms with van der Waals surface area (Å²) in [6.45, 7) is 5.69. The molecule has 0 fully saturated rings. The van der Waals surface area contributed by atoms with E-state index in [0.29, 0.717) is 0 Å². The fourth-order valence-electron chi connectivity index (χ4n) is 0.888. The summed E-state index contributed by atoms with van der Waals surface area (Å²) < 4.78 is 0. The van der Waals surface area contributed by atoms with Crippen molar-refractivity contribution in [2.75, 3.05) is 0 Å². The van der Waals surface area contributed by atoms with Crippen molar-refractivity contribution in [2.45, 2.75) is 6.92 Å². The molecule has 1 heterocycles. The molecule has 11 heavy (non-hydrogen) atoms. The van der Waals surface area contributed by atoms with Crippen molar-refractivity contribution in [3.8, 4) is 0 Å². The van der Waals surface area contributed by atoms with E-state index in [0.717, 1.165) is 0 Å². The predicted molar refractivity (Wildman–Crippen MR) is 48.1 cm³/mol. The van der Waals surface area contributed by atoms with Gasteiger partial charge in [-0.05, 0) is 30.2 Å². The molecule has 0 N–H and O–H groups in total. The number of pyridine rings is 1. The zero-order chi connectivity index (χ0) is 8.10. The molecule has 56 valence electrons. The molecular formula is C10H11N. The topological polar surface area (TPSA) is 12.9 Å². The predicted octanol–water partition coefficient (Wildman–Crippen LogP) is 2.67. The van der Waals surface area contributed by atoms with Gasteiger partial charge in [-0.15, -0.1) is 0 Å². The van der Waals surface area contributed by atoms with Crippen molar-refractivity contribution in [2.24, 2.45) is 0 Å². The first-order valence-electron chi connectivity index (χ1n) is 3.54. The molecule has 1 heteroatoms. The molecule has 0 aliphatic rings. The van der Waals surface area contributed by atoms with Crippen LogP contribution < -0.4 is 0 Å². The Kier molecular flexibility index (Phi) is 2.61. The third-order valence-electron chi connectivity index (χ3n) is 1.50. The van der Waals surface area contributed by atoms with E-state index in [1.54, 1.807) is 18.5 Å². The maximum atomic E-state index is 3.93. The molecule has 0 bridgehead atoms. The summed E-state index contributed by atoms with van der Waals surface area (Å²) in [5.74, 6) is 0. The van der Waals surface area contributed by atoms with E-state index in [-0.39, 0.29) is 0 Å². The minimum atomic E-state index is 1.19. The molecule has 0 saturated heterocycles. The third kappa shape index (κ3) is 2.04. The van der Waals surface area contributed by atoms with Crippen LogP contribution in [0, 0.1) is 0 Å². The van der Waals surface area contributed by atoms with Crippen LogP contribution in [0.1, 0.15) is 12.5 Å². The maximum Gasteiger partial charge on any atom is 0.0273 e. The van der Waals surface area contributed by atoms with Gasteiger partial charge in [-0.25, -0.2) is 0 Å². The van der Waals surface area contributed by atoms with E-state index in [2.05, 4.69) is 18.5 Å². The normalized spacial score (nSPS) is 11.2. The Bertz CT molecular complexity index is 259. The van der Waals surface area contributed by atoms with Crippen LogP contribution in [0.25, 0.3) is 5.57 Å². The Morgan fingerprint density at radius 1 is 1.45 bits per heavy atom. The highest BCUT2D eigenvalue weighted by Gasteiger charge is 1.90. The molecule has 1 aromatic rings. The minimum absolute atomic E-state index is 1.19. The maximum absolute atomic E-state index is 3.93. The van der Waals surface area contributed by atoms with Gasteiger partial charge in [-0.2, -0.15) is 0 Å². The van der Waals surface area contributed by atoms with Crippen LogP contribution in [0.3, 0.4) is 0 Å². The molecule has 0 radical (unpaired) electrons. The molecule has 1 rings (SSSR count). The summed E-state index contributed by atoms with van der Waals surface area (Å²) in [5.41, 5.74) is 2.40. The van der Waals surface area contributed by atoms with Gasteiger partial charge in [0.15, 0.2) is 0 Å². The molecule has 0 atom stereocenters. The van der Waals surface area contributed by atoms with Crippen molar-refractivity contribution >= 4 is 5.57 Å². The number of aromatic nitrogens is 1. The highest BCUT2D eigenvalue weighted by Crippen LogP contribution is 2.10. The Morgan fingerprint density at radius 3 is 2.64 bits per heavy atom. The quantitative estimate of drug-likeness (QED) is 0.583. The summed E-state index contributed by atoms with van der Waals surface area (Å²) in [7, 11) is 0. The Balaban J connectivity index is 2.94. The SMILES string of the molecule is C=C/C=C(\C)c1ccncc1. The van der Waals surface area contributed by atoms with Crippen LogP contribution in [0.4, 0.5) is 0 Å². The van der Waals surface area contributed by atoms with Crippen molar-refractivity contribution in [3.63, 3.8) is 0 Å². The van der Waals surface area contributed by atoms with E-state index < -0.39 is 0 Å². The monoisotopic (exact) mass is 145 g/mol. The summed E-state index contributed by atoms with van der Waals surface area (Å²) >= 11 is 0. The van der Waals surface area contributed by atoms with Crippen molar-refractivity contribution in [3.05, 3.63) is 48.8 Å². The molecule has 0 amide bonds. The number of allylic oxidation sites excluding steroid dienone is 3. The van der Waals surface area contributed by atoms with Crippen LogP contribution in [-0.2, 0) is 0 Å². The van der Waals surface area contributed by atoms with Gasteiger partial charge < -0.3 is 0 Å². The molecule has 0 aliphatic heterocycles. The highest BCUT2D eigenvalue weighted by molar-refractivity contribution is 5.64. The van der Waals surface area contributed by atoms with E-state index >= 15 is 0 Å². The van der Waals surface area contributed by atoms with Gasteiger partial charge in [0, 0.05) is 12.4 Å². The lowest BCUT2D eigenvalue weighted by atomic mass is 10.1. The van der Waals surface area contributed by atoms with Gasteiger partial charge in [0.2, 0.25) is 0 Å². The zero-order valence-corrected chi connectivity index (χ0v) is 6.62. The summed E-state index contributed by atoms with van der Waals surface area (Å²) in [6.07, 6.45) is 7.34. The van der Waals surface area contributed by atoms with Gasteiger partial charge in [0.25, 0.3) is 0 Å².